The van der Waals surface area contributed by atoms with Gasteiger partial charge in [-0.15, -0.1) is 11.3 Å². The zero-order valence-electron chi connectivity index (χ0n) is 34.7. The molecule has 0 bridgehead atoms. The van der Waals surface area contributed by atoms with Crippen LogP contribution in [0, 0.1) is 0 Å². The Morgan fingerprint density at radius 1 is 0.369 bits per heavy atom. The predicted molar refractivity (Wildman–Crippen MR) is 271 cm³/mol. The van der Waals surface area contributed by atoms with Crippen LogP contribution in [0.4, 0.5) is 0 Å². The first-order valence-corrected chi connectivity index (χ1v) is 22.6. The molecule has 65 heavy (non-hydrogen) atoms. The van der Waals surface area contributed by atoms with E-state index in [9.17, 15) is 0 Å². The molecular weight excluding hydrogens is 813 g/mol. The standard InChI is InChI=1S/C59H34N4OS/c1-2-13-35(14-3-1)36-19-12-20-41(29-36)57-60-58(42-25-26-45-44-22-9-11-24-53(44)65-54(45)34-42)62-59(61-57)46-27-28-50(55-48-31-38-16-5-7-18-40(38)33-52(48)64-56(46)55)63-49-23-10-8-21-43(49)47-30-37-15-4-6-17-39(37)32-51(47)63/h1-34H. The van der Waals surface area contributed by atoms with Gasteiger partial charge in [-0.05, 0) is 93.3 Å². The molecule has 0 N–H and O–H groups in total. The number of rotatable bonds is 5. The van der Waals surface area contributed by atoms with Gasteiger partial charge in [0.15, 0.2) is 17.5 Å². The van der Waals surface area contributed by atoms with Gasteiger partial charge in [0.25, 0.3) is 0 Å². The van der Waals surface area contributed by atoms with Crippen LogP contribution in [0.2, 0.25) is 0 Å². The molecule has 0 aliphatic rings. The minimum atomic E-state index is 0.542. The summed E-state index contributed by atoms with van der Waals surface area (Å²) in [6.07, 6.45) is 0. The van der Waals surface area contributed by atoms with E-state index in [4.69, 9.17) is 19.4 Å². The minimum Gasteiger partial charge on any atom is -0.455 e. The summed E-state index contributed by atoms with van der Waals surface area (Å²) in [7, 11) is 0. The number of aromatic nitrogens is 4. The van der Waals surface area contributed by atoms with Crippen LogP contribution in [0.25, 0.3) is 136 Å². The molecule has 302 valence electrons. The predicted octanol–water partition coefficient (Wildman–Crippen LogP) is 16.2. The van der Waals surface area contributed by atoms with E-state index >= 15 is 0 Å². The van der Waals surface area contributed by atoms with Crippen molar-refractivity contribution >= 4 is 96.8 Å². The van der Waals surface area contributed by atoms with Gasteiger partial charge in [-0.25, -0.2) is 15.0 Å². The number of para-hydroxylation sites is 1. The highest BCUT2D eigenvalue weighted by Gasteiger charge is 2.24. The molecule has 0 fully saturated rings. The number of benzene rings is 10. The average Bonchev–Trinajstić information content (AvgIpc) is 4.04. The van der Waals surface area contributed by atoms with E-state index in [-0.39, 0.29) is 0 Å². The lowest BCUT2D eigenvalue weighted by Gasteiger charge is -2.13. The maximum Gasteiger partial charge on any atom is 0.167 e. The highest BCUT2D eigenvalue weighted by atomic mass is 32.1. The van der Waals surface area contributed by atoms with E-state index in [2.05, 4.69) is 205 Å². The molecule has 14 aromatic rings. The van der Waals surface area contributed by atoms with E-state index in [0.717, 1.165) is 77.2 Å². The Kier molecular flexibility index (Phi) is 7.79. The first kappa shape index (κ1) is 36.1. The molecule has 10 aromatic carbocycles. The number of hydrogen-bond acceptors (Lipinski definition) is 5. The lowest BCUT2D eigenvalue weighted by atomic mass is 10.0. The van der Waals surface area contributed by atoms with Crippen molar-refractivity contribution in [1.82, 2.24) is 19.5 Å². The average molecular weight is 847 g/mol. The van der Waals surface area contributed by atoms with Gasteiger partial charge >= 0.3 is 0 Å². The molecule has 0 unspecified atom stereocenters. The molecule has 0 amide bonds. The summed E-state index contributed by atoms with van der Waals surface area (Å²) in [5, 5.41) is 11.6. The van der Waals surface area contributed by atoms with Crippen LogP contribution in [0.3, 0.4) is 0 Å². The second-order valence-electron chi connectivity index (χ2n) is 16.8. The number of fused-ring (bicyclic) bond motifs is 11. The highest BCUT2D eigenvalue weighted by molar-refractivity contribution is 7.25. The number of nitrogens with zero attached hydrogens (tertiary/aromatic N) is 4. The third-order valence-electron chi connectivity index (χ3n) is 13.0. The van der Waals surface area contributed by atoms with Crippen molar-refractivity contribution in [2.75, 3.05) is 0 Å². The molecule has 6 heteroatoms. The van der Waals surface area contributed by atoms with Crippen molar-refractivity contribution in [3.05, 3.63) is 206 Å². The fourth-order valence-electron chi connectivity index (χ4n) is 9.91. The SMILES string of the molecule is c1ccc(-c2cccc(-c3nc(-c4ccc5c(c4)sc4ccccc45)nc(-c4ccc(-n5c6ccccc6c6cc7ccccc7cc65)c5c4oc4cc6ccccc6cc45)n3)c2)cc1. The van der Waals surface area contributed by atoms with Crippen LogP contribution in [-0.4, -0.2) is 19.5 Å². The fourth-order valence-corrected chi connectivity index (χ4v) is 11.1. The zero-order chi connectivity index (χ0) is 42.6. The van der Waals surface area contributed by atoms with Crippen molar-refractivity contribution in [2.45, 2.75) is 0 Å². The Labute approximate surface area is 376 Å². The lowest BCUT2D eigenvalue weighted by Crippen LogP contribution is -2.01. The molecule has 5 nitrogen and oxygen atoms in total. The normalized spacial score (nSPS) is 12.0. The molecule has 0 aliphatic carbocycles. The smallest absolute Gasteiger partial charge is 0.167 e. The summed E-state index contributed by atoms with van der Waals surface area (Å²) in [5.74, 6) is 1.73. The van der Waals surface area contributed by atoms with Crippen LogP contribution >= 0.6 is 11.3 Å². The van der Waals surface area contributed by atoms with Crippen LogP contribution in [0.15, 0.2) is 211 Å². The van der Waals surface area contributed by atoms with Gasteiger partial charge in [-0.1, -0.05) is 146 Å². The molecule has 0 spiro atoms. The van der Waals surface area contributed by atoms with E-state index in [1.165, 1.54) is 41.7 Å². The first-order chi connectivity index (χ1) is 32.2. The summed E-state index contributed by atoms with van der Waals surface area (Å²) in [5.41, 5.74) is 9.66. The Bertz CT molecular complexity index is 4260. The monoisotopic (exact) mass is 846 g/mol. The third kappa shape index (κ3) is 5.67. The highest BCUT2D eigenvalue weighted by Crippen LogP contribution is 2.44. The van der Waals surface area contributed by atoms with E-state index in [1.54, 1.807) is 11.3 Å². The van der Waals surface area contributed by atoms with Gasteiger partial charge in [-0.3, -0.25) is 0 Å². The fraction of sp³-hybridized carbons (Fsp3) is 0. The van der Waals surface area contributed by atoms with Gasteiger partial charge in [-0.2, -0.15) is 0 Å². The number of hydrogen-bond donors (Lipinski definition) is 0. The molecular formula is C59H34N4OS. The molecule has 0 atom stereocenters. The molecule has 0 saturated heterocycles. The summed E-state index contributed by atoms with van der Waals surface area (Å²) in [6, 6.07) is 73.3. The molecule has 0 radical (unpaired) electrons. The van der Waals surface area contributed by atoms with Gasteiger partial charge in [0.05, 0.1) is 27.7 Å². The van der Waals surface area contributed by atoms with Gasteiger partial charge < -0.3 is 8.98 Å². The van der Waals surface area contributed by atoms with E-state index in [1.807, 2.05) is 6.07 Å². The van der Waals surface area contributed by atoms with Crippen LogP contribution in [0.1, 0.15) is 0 Å². The Morgan fingerprint density at radius 2 is 0.985 bits per heavy atom. The molecule has 0 aliphatic heterocycles. The second-order valence-corrected chi connectivity index (χ2v) is 17.8. The summed E-state index contributed by atoms with van der Waals surface area (Å²) >= 11 is 1.79. The maximum absolute atomic E-state index is 7.13. The second kappa shape index (κ2) is 14.0. The number of furan rings is 1. The first-order valence-electron chi connectivity index (χ1n) is 21.8. The zero-order valence-corrected chi connectivity index (χ0v) is 35.6. The van der Waals surface area contributed by atoms with Crippen molar-refractivity contribution in [1.29, 1.82) is 0 Å². The molecule has 4 aromatic heterocycles. The molecule has 4 heterocycles. The maximum atomic E-state index is 7.13. The Morgan fingerprint density at radius 3 is 1.80 bits per heavy atom. The van der Waals surface area contributed by atoms with Gasteiger partial charge in [0.2, 0.25) is 0 Å². The van der Waals surface area contributed by atoms with Crippen molar-refractivity contribution < 1.29 is 4.42 Å². The summed E-state index contributed by atoms with van der Waals surface area (Å²) in [4.78, 5) is 16.0. The largest absolute Gasteiger partial charge is 0.455 e. The van der Waals surface area contributed by atoms with E-state index in [0.29, 0.717) is 17.5 Å². The van der Waals surface area contributed by atoms with Crippen molar-refractivity contribution in [3.8, 4) is 51.0 Å². The quantitative estimate of drug-likeness (QED) is 0.173. The van der Waals surface area contributed by atoms with Crippen molar-refractivity contribution in [2.24, 2.45) is 0 Å². The third-order valence-corrected chi connectivity index (χ3v) is 14.1. The Hall–Kier alpha value is -8.45. The van der Waals surface area contributed by atoms with E-state index < -0.39 is 0 Å². The summed E-state index contributed by atoms with van der Waals surface area (Å²) in [6.45, 7) is 0. The summed E-state index contributed by atoms with van der Waals surface area (Å²) < 4.78 is 12.0. The van der Waals surface area contributed by atoms with Crippen LogP contribution in [0.5, 0.6) is 0 Å². The van der Waals surface area contributed by atoms with Gasteiger partial charge in [0.1, 0.15) is 11.2 Å². The van der Waals surface area contributed by atoms with Gasteiger partial charge in [0, 0.05) is 47.5 Å². The van der Waals surface area contributed by atoms with Crippen molar-refractivity contribution in [3.63, 3.8) is 0 Å². The lowest BCUT2D eigenvalue weighted by molar-refractivity contribution is 0.670. The topological polar surface area (TPSA) is 56.7 Å². The molecule has 14 rings (SSSR count). The Balaban J connectivity index is 1.06. The number of thiophene rings is 1. The van der Waals surface area contributed by atoms with Crippen LogP contribution in [-0.2, 0) is 0 Å². The van der Waals surface area contributed by atoms with Crippen LogP contribution < -0.4 is 0 Å². The molecule has 0 saturated carbocycles. The minimum absolute atomic E-state index is 0.542.